The molecule has 2 N–H and O–H groups in total. The van der Waals surface area contributed by atoms with Crippen molar-refractivity contribution in [2.24, 2.45) is 0 Å². The Kier molecular flexibility index (Phi) is 5.05. The van der Waals surface area contributed by atoms with Gasteiger partial charge in [0, 0.05) is 11.4 Å². The van der Waals surface area contributed by atoms with Crippen LogP contribution in [-0.2, 0) is 0 Å². The summed E-state index contributed by atoms with van der Waals surface area (Å²) in [6.45, 7) is 1.62. The molecule has 0 bridgehead atoms. The predicted molar refractivity (Wildman–Crippen MR) is 84.1 cm³/mol. The zero-order chi connectivity index (χ0) is 17.0. The molecular weight excluding hydrogens is 332 g/mol. The van der Waals surface area contributed by atoms with Gasteiger partial charge in [-0.3, -0.25) is 0 Å². The van der Waals surface area contributed by atoms with Gasteiger partial charge in [0.25, 0.3) is 0 Å². The van der Waals surface area contributed by atoms with Crippen LogP contribution in [0.2, 0.25) is 0 Å². The van der Waals surface area contributed by atoms with E-state index >= 15 is 0 Å². The van der Waals surface area contributed by atoms with Gasteiger partial charge in [-0.2, -0.15) is 0 Å². The standard InChI is InChI=1S/C15H12F4N2OS/c1-9-8-11(4-7-13(9)16)21-14(23)20-10-2-5-12(6-3-10)22-15(17,18)19/h2-8H,1H3,(H2,20,21,23). The first-order chi connectivity index (χ1) is 10.7. The van der Waals surface area contributed by atoms with Crippen molar-refractivity contribution in [3.8, 4) is 5.75 Å². The van der Waals surface area contributed by atoms with Crippen LogP contribution >= 0.6 is 12.2 Å². The lowest BCUT2D eigenvalue weighted by molar-refractivity contribution is -0.274. The molecule has 2 aromatic rings. The van der Waals surface area contributed by atoms with E-state index in [9.17, 15) is 17.6 Å². The molecule has 0 radical (unpaired) electrons. The van der Waals surface area contributed by atoms with Gasteiger partial charge in [0.2, 0.25) is 0 Å². The van der Waals surface area contributed by atoms with Crippen molar-refractivity contribution in [1.82, 2.24) is 0 Å². The fraction of sp³-hybridized carbons (Fsp3) is 0.133. The molecule has 0 aromatic heterocycles. The smallest absolute Gasteiger partial charge is 0.406 e. The van der Waals surface area contributed by atoms with E-state index in [1.165, 1.54) is 36.4 Å². The summed E-state index contributed by atoms with van der Waals surface area (Å²) in [6.07, 6.45) is -4.73. The van der Waals surface area contributed by atoms with Crippen molar-refractivity contribution in [3.63, 3.8) is 0 Å². The van der Waals surface area contributed by atoms with Gasteiger partial charge in [0.15, 0.2) is 5.11 Å². The topological polar surface area (TPSA) is 33.3 Å². The van der Waals surface area contributed by atoms with Gasteiger partial charge in [-0.05, 0) is 67.2 Å². The summed E-state index contributed by atoms with van der Waals surface area (Å²) in [6, 6.07) is 9.54. The summed E-state index contributed by atoms with van der Waals surface area (Å²) >= 11 is 5.09. The highest BCUT2D eigenvalue weighted by Gasteiger charge is 2.30. The summed E-state index contributed by atoms with van der Waals surface area (Å²) in [5.41, 5.74) is 1.54. The molecule has 0 saturated heterocycles. The van der Waals surface area contributed by atoms with Gasteiger partial charge < -0.3 is 15.4 Å². The number of aryl methyl sites for hydroxylation is 1. The molecule has 0 aliphatic heterocycles. The Morgan fingerprint density at radius 1 is 1.00 bits per heavy atom. The highest BCUT2D eigenvalue weighted by Crippen LogP contribution is 2.24. The van der Waals surface area contributed by atoms with Crippen molar-refractivity contribution in [2.75, 3.05) is 10.6 Å². The summed E-state index contributed by atoms with van der Waals surface area (Å²) < 4.78 is 53.1. The lowest BCUT2D eigenvalue weighted by Gasteiger charge is -2.12. The minimum absolute atomic E-state index is 0.223. The number of ether oxygens (including phenoxy) is 1. The highest BCUT2D eigenvalue weighted by molar-refractivity contribution is 7.80. The monoisotopic (exact) mass is 344 g/mol. The Morgan fingerprint density at radius 2 is 1.57 bits per heavy atom. The molecule has 2 aromatic carbocycles. The van der Waals surface area contributed by atoms with E-state index in [0.717, 1.165) is 0 Å². The Bertz CT molecular complexity index is 702. The van der Waals surface area contributed by atoms with Gasteiger partial charge in [0.1, 0.15) is 11.6 Å². The van der Waals surface area contributed by atoms with Crippen LogP contribution in [0.1, 0.15) is 5.56 Å². The summed E-state index contributed by atoms with van der Waals surface area (Å²) in [7, 11) is 0. The number of hydrogen-bond donors (Lipinski definition) is 2. The molecule has 122 valence electrons. The van der Waals surface area contributed by atoms with E-state index < -0.39 is 6.36 Å². The maximum absolute atomic E-state index is 13.2. The molecule has 23 heavy (non-hydrogen) atoms. The van der Waals surface area contributed by atoms with Crippen molar-refractivity contribution in [1.29, 1.82) is 0 Å². The van der Waals surface area contributed by atoms with E-state index in [-0.39, 0.29) is 16.7 Å². The van der Waals surface area contributed by atoms with Crippen LogP contribution in [0.5, 0.6) is 5.75 Å². The number of thiocarbonyl (C=S) groups is 1. The third-order valence-electron chi connectivity index (χ3n) is 2.76. The Labute approximate surface area is 135 Å². The van der Waals surface area contributed by atoms with E-state index in [0.29, 0.717) is 16.9 Å². The zero-order valence-electron chi connectivity index (χ0n) is 11.9. The van der Waals surface area contributed by atoms with E-state index in [1.807, 2.05) is 0 Å². The number of rotatable bonds is 3. The van der Waals surface area contributed by atoms with Gasteiger partial charge in [-0.1, -0.05) is 0 Å². The molecule has 0 amide bonds. The quantitative estimate of drug-likeness (QED) is 0.616. The van der Waals surface area contributed by atoms with Crippen LogP contribution in [0.15, 0.2) is 42.5 Å². The minimum Gasteiger partial charge on any atom is -0.406 e. The molecule has 0 unspecified atom stereocenters. The van der Waals surface area contributed by atoms with E-state index in [1.54, 1.807) is 13.0 Å². The van der Waals surface area contributed by atoms with E-state index in [4.69, 9.17) is 12.2 Å². The lowest BCUT2D eigenvalue weighted by Crippen LogP contribution is -2.19. The number of anilines is 2. The first kappa shape index (κ1) is 17.0. The Balaban J connectivity index is 1.96. The maximum Gasteiger partial charge on any atom is 0.573 e. The second-order valence-electron chi connectivity index (χ2n) is 4.62. The number of alkyl halides is 3. The number of halogens is 4. The maximum atomic E-state index is 13.2. The molecule has 0 fully saturated rings. The Hall–Kier alpha value is -2.35. The number of nitrogens with one attached hydrogen (secondary N) is 2. The third kappa shape index (κ3) is 5.41. The molecule has 0 aliphatic carbocycles. The number of benzene rings is 2. The fourth-order valence-corrected chi connectivity index (χ4v) is 1.99. The summed E-state index contributed by atoms with van der Waals surface area (Å²) in [5, 5.41) is 5.88. The Morgan fingerprint density at radius 3 is 2.13 bits per heavy atom. The molecular formula is C15H12F4N2OS. The first-order valence-electron chi connectivity index (χ1n) is 6.43. The molecule has 0 spiro atoms. The summed E-state index contributed by atoms with van der Waals surface area (Å²) in [4.78, 5) is 0. The third-order valence-corrected chi connectivity index (χ3v) is 2.97. The largest absolute Gasteiger partial charge is 0.573 e. The van der Waals surface area contributed by atoms with Crippen LogP contribution in [0.4, 0.5) is 28.9 Å². The van der Waals surface area contributed by atoms with Gasteiger partial charge >= 0.3 is 6.36 Å². The fourth-order valence-electron chi connectivity index (χ4n) is 1.76. The van der Waals surface area contributed by atoms with Crippen LogP contribution in [-0.4, -0.2) is 11.5 Å². The lowest BCUT2D eigenvalue weighted by atomic mass is 10.2. The molecule has 8 heteroatoms. The van der Waals surface area contributed by atoms with Gasteiger partial charge in [-0.25, -0.2) is 4.39 Å². The molecule has 2 rings (SSSR count). The van der Waals surface area contributed by atoms with Crippen molar-refractivity contribution < 1.29 is 22.3 Å². The SMILES string of the molecule is Cc1cc(NC(=S)Nc2ccc(OC(F)(F)F)cc2)ccc1F. The van der Waals surface area contributed by atoms with Crippen LogP contribution < -0.4 is 15.4 Å². The first-order valence-corrected chi connectivity index (χ1v) is 6.84. The highest BCUT2D eigenvalue weighted by atomic mass is 32.1. The van der Waals surface area contributed by atoms with Crippen LogP contribution in [0.3, 0.4) is 0 Å². The molecule has 0 aliphatic rings. The zero-order valence-corrected chi connectivity index (χ0v) is 12.7. The molecule has 0 heterocycles. The van der Waals surface area contributed by atoms with Crippen molar-refractivity contribution >= 4 is 28.7 Å². The average Bonchev–Trinajstić information content (AvgIpc) is 2.43. The van der Waals surface area contributed by atoms with Crippen molar-refractivity contribution in [3.05, 3.63) is 53.8 Å². The van der Waals surface area contributed by atoms with Crippen molar-refractivity contribution in [2.45, 2.75) is 13.3 Å². The van der Waals surface area contributed by atoms with Gasteiger partial charge in [-0.15, -0.1) is 13.2 Å². The van der Waals surface area contributed by atoms with Crippen LogP contribution in [0, 0.1) is 12.7 Å². The predicted octanol–water partition coefficient (Wildman–Crippen LogP) is 4.84. The molecule has 3 nitrogen and oxygen atoms in total. The minimum atomic E-state index is -4.73. The van der Waals surface area contributed by atoms with Crippen LogP contribution in [0.25, 0.3) is 0 Å². The summed E-state index contributed by atoms with van der Waals surface area (Å²) in [5.74, 6) is -0.647. The average molecular weight is 344 g/mol. The molecule has 0 saturated carbocycles. The van der Waals surface area contributed by atoms with E-state index in [2.05, 4.69) is 15.4 Å². The number of hydrogen-bond acceptors (Lipinski definition) is 2. The second-order valence-corrected chi connectivity index (χ2v) is 5.02. The second kappa shape index (κ2) is 6.82. The van der Waals surface area contributed by atoms with Gasteiger partial charge in [0.05, 0.1) is 0 Å². The molecule has 0 atom stereocenters. The normalized spacial score (nSPS) is 11.0.